The molecule has 1 aromatic carbocycles. The number of hydrogen-bond donors (Lipinski definition) is 2. The summed E-state index contributed by atoms with van der Waals surface area (Å²) in [6.07, 6.45) is 1.68. The van der Waals surface area contributed by atoms with Gasteiger partial charge in [-0.15, -0.1) is 0 Å². The maximum Gasteiger partial charge on any atom is 0.255 e. The van der Waals surface area contributed by atoms with Crippen LogP contribution in [0.2, 0.25) is 0 Å². The monoisotopic (exact) mass is 273 g/mol. The van der Waals surface area contributed by atoms with E-state index in [0.717, 1.165) is 12.8 Å². The van der Waals surface area contributed by atoms with Crippen LogP contribution in [-0.2, 0) is 0 Å². The summed E-state index contributed by atoms with van der Waals surface area (Å²) in [7, 11) is 0. The number of rotatable bonds is 2. The predicted molar refractivity (Wildman–Crippen MR) is 76.1 cm³/mol. The Morgan fingerprint density at radius 2 is 1.95 bits per heavy atom. The highest BCUT2D eigenvalue weighted by molar-refractivity contribution is 5.96. The van der Waals surface area contributed by atoms with Crippen molar-refractivity contribution in [3.05, 3.63) is 35.4 Å². The number of amides is 1. The van der Waals surface area contributed by atoms with Crippen molar-refractivity contribution in [2.45, 2.75) is 12.8 Å². The summed E-state index contributed by atoms with van der Waals surface area (Å²) < 4.78 is 0. The topological polar surface area (TPSA) is 60.8 Å². The van der Waals surface area contributed by atoms with E-state index in [9.17, 15) is 4.79 Å². The van der Waals surface area contributed by atoms with Crippen LogP contribution < -0.4 is 0 Å². The zero-order valence-electron chi connectivity index (χ0n) is 11.4. The molecule has 0 aliphatic carbocycles. The number of benzene rings is 1. The fraction of sp³-hybridized carbons (Fsp3) is 0.438. The summed E-state index contributed by atoms with van der Waals surface area (Å²) in [5.41, 5.74) is 1.23. The van der Waals surface area contributed by atoms with E-state index in [4.69, 9.17) is 10.2 Å². The maximum atomic E-state index is 12.5. The molecule has 0 radical (unpaired) electrons. The van der Waals surface area contributed by atoms with Crippen molar-refractivity contribution in [2.24, 2.45) is 5.92 Å². The van der Waals surface area contributed by atoms with Gasteiger partial charge in [0, 0.05) is 25.3 Å². The lowest BCUT2D eigenvalue weighted by molar-refractivity contribution is 0.0650. The average Bonchev–Trinajstić information content (AvgIpc) is 2.52. The molecule has 1 fully saturated rings. The van der Waals surface area contributed by atoms with Gasteiger partial charge < -0.3 is 15.1 Å². The number of aliphatic hydroxyl groups is 2. The van der Waals surface area contributed by atoms with E-state index in [1.165, 1.54) is 0 Å². The Kier molecular flexibility index (Phi) is 5.16. The van der Waals surface area contributed by atoms with Crippen LogP contribution in [0.4, 0.5) is 0 Å². The predicted octanol–water partition coefficient (Wildman–Crippen LogP) is 0.875. The largest absolute Gasteiger partial charge is 0.396 e. The summed E-state index contributed by atoms with van der Waals surface area (Å²) >= 11 is 0. The van der Waals surface area contributed by atoms with Crippen LogP contribution in [0.3, 0.4) is 0 Å². The molecule has 106 valence electrons. The van der Waals surface area contributed by atoms with Crippen molar-refractivity contribution in [1.29, 1.82) is 0 Å². The van der Waals surface area contributed by atoms with Gasteiger partial charge in [0.25, 0.3) is 5.91 Å². The van der Waals surface area contributed by atoms with Gasteiger partial charge in [-0.2, -0.15) is 0 Å². The number of hydrogen-bond acceptors (Lipinski definition) is 3. The average molecular weight is 273 g/mol. The van der Waals surface area contributed by atoms with Crippen molar-refractivity contribution in [1.82, 2.24) is 4.90 Å². The molecule has 2 N–H and O–H groups in total. The highest BCUT2D eigenvalue weighted by Crippen LogP contribution is 2.19. The molecule has 1 saturated heterocycles. The zero-order valence-corrected chi connectivity index (χ0v) is 11.4. The minimum atomic E-state index is -0.218. The summed E-state index contributed by atoms with van der Waals surface area (Å²) in [5.74, 6) is 5.68. The second-order valence-electron chi connectivity index (χ2n) is 4.92. The van der Waals surface area contributed by atoms with Gasteiger partial charge in [0.1, 0.15) is 6.61 Å². The molecule has 1 aliphatic rings. The Morgan fingerprint density at radius 1 is 1.25 bits per heavy atom. The van der Waals surface area contributed by atoms with Crippen molar-refractivity contribution in [3.63, 3.8) is 0 Å². The third-order valence-electron chi connectivity index (χ3n) is 3.62. The molecule has 0 unspecified atom stereocenters. The molecular formula is C16H19NO3. The van der Waals surface area contributed by atoms with Crippen molar-refractivity contribution in [2.75, 3.05) is 26.3 Å². The van der Waals surface area contributed by atoms with Crippen LogP contribution in [0.1, 0.15) is 28.8 Å². The first-order valence-corrected chi connectivity index (χ1v) is 6.85. The van der Waals surface area contributed by atoms with Crippen LogP contribution in [0.15, 0.2) is 24.3 Å². The molecule has 4 heteroatoms. The van der Waals surface area contributed by atoms with Crippen molar-refractivity contribution >= 4 is 5.91 Å². The smallest absolute Gasteiger partial charge is 0.255 e. The first-order valence-electron chi connectivity index (χ1n) is 6.85. The van der Waals surface area contributed by atoms with Crippen LogP contribution in [0.25, 0.3) is 0 Å². The van der Waals surface area contributed by atoms with Crippen molar-refractivity contribution in [3.8, 4) is 11.8 Å². The number of carbonyl (C=O) groups excluding carboxylic acids is 1. The number of carbonyl (C=O) groups is 1. The van der Waals surface area contributed by atoms with E-state index in [1.807, 2.05) is 17.0 Å². The first kappa shape index (κ1) is 14.6. The molecular weight excluding hydrogens is 254 g/mol. The molecule has 0 saturated carbocycles. The van der Waals surface area contributed by atoms with E-state index >= 15 is 0 Å². The molecule has 0 atom stereocenters. The van der Waals surface area contributed by atoms with E-state index in [1.54, 1.807) is 12.1 Å². The second kappa shape index (κ2) is 7.09. The van der Waals surface area contributed by atoms with Gasteiger partial charge in [0.2, 0.25) is 0 Å². The molecule has 1 heterocycles. The number of nitrogens with zero attached hydrogens (tertiary/aromatic N) is 1. The lowest BCUT2D eigenvalue weighted by Gasteiger charge is -2.31. The van der Waals surface area contributed by atoms with E-state index in [2.05, 4.69) is 11.8 Å². The number of piperidine rings is 1. The SMILES string of the molecule is O=C(c1ccccc1C#CCO)N1CCC(CO)CC1. The standard InChI is InChI=1S/C16H19NO3/c18-11-3-5-14-4-1-2-6-15(14)16(20)17-9-7-13(12-19)8-10-17/h1-2,4,6,13,18-19H,7-12H2. The Balaban J connectivity index is 2.13. The third kappa shape index (κ3) is 3.38. The summed E-state index contributed by atoms with van der Waals surface area (Å²) in [5, 5.41) is 17.9. The van der Waals surface area contributed by atoms with Gasteiger partial charge in [-0.05, 0) is 30.9 Å². The second-order valence-corrected chi connectivity index (χ2v) is 4.92. The number of likely N-dealkylation sites (tertiary alicyclic amines) is 1. The normalized spacial score (nSPS) is 15.6. The van der Waals surface area contributed by atoms with Gasteiger partial charge in [0.05, 0.1) is 5.56 Å². The lowest BCUT2D eigenvalue weighted by Crippen LogP contribution is -2.39. The van der Waals surface area contributed by atoms with Gasteiger partial charge in [-0.3, -0.25) is 4.79 Å². The third-order valence-corrected chi connectivity index (χ3v) is 3.62. The molecule has 0 bridgehead atoms. The lowest BCUT2D eigenvalue weighted by atomic mass is 9.97. The summed E-state index contributed by atoms with van der Waals surface area (Å²) in [6.45, 7) is 1.32. The minimum Gasteiger partial charge on any atom is -0.396 e. The molecule has 0 aromatic heterocycles. The molecule has 1 aliphatic heterocycles. The van der Waals surface area contributed by atoms with Gasteiger partial charge >= 0.3 is 0 Å². The van der Waals surface area contributed by atoms with Crippen molar-refractivity contribution < 1.29 is 15.0 Å². The summed E-state index contributed by atoms with van der Waals surface area (Å²) in [6, 6.07) is 7.20. The molecule has 0 spiro atoms. The Bertz CT molecular complexity index is 522. The fourth-order valence-corrected chi connectivity index (χ4v) is 2.40. The van der Waals surface area contributed by atoms with Crippen LogP contribution >= 0.6 is 0 Å². The Hall–Kier alpha value is -1.83. The van der Waals surface area contributed by atoms with Gasteiger partial charge in [0.15, 0.2) is 0 Å². The van der Waals surface area contributed by atoms with E-state index in [0.29, 0.717) is 30.1 Å². The first-order chi connectivity index (χ1) is 9.76. The van der Waals surface area contributed by atoms with Crippen LogP contribution in [0, 0.1) is 17.8 Å². The molecule has 20 heavy (non-hydrogen) atoms. The minimum absolute atomic E-state index is 0.0239. The van der Waals surface area contributed by atoms with E-state index < -0.39 is 0 Å². The van der Waals surface area contributed by atoms with Crippen LogP contribution in [0.5, 0.6) is 0 Å². The van der Waals surface area contributed by atoms with Gasteiger partial charge in [-0.1, -0.05) is 24.0 Å². The quantitative estimate of drug-likeness (QED) is 0.786. The highest BCUT2D eigenvalue weighted by atomic mass is 16.3. The Morgan fingerprint density at radius 3 is 2.60 bits per heavy atom. The maximum absolute atomic E-state index is 12.5. The highest BCUT2D eigenvalue weighted by Gasteiger charge is 2.24. The molecule has 2 rings (SSSR count). The zero-order chi connectivity index (χ0) is 14.4. The fourth-order valence-electron chi connectivity index (χ4n) is 2.40. The Labute approximate surface area is 119 Å². The number of aliphatic hydroxyl groups excluding tert-OH is 2. The summed E-state index contributed by atoms with van der Waals surface area (Å²) in [4.78, 5) is 14.3. The molecule has 1 aromatic rings. The molecule has 4 nitrogen and oxygen atoms in total. The van der Waals surface area contributed by atoms with E-state index in [-0.39, 0.29) is 19.1 Å². The van der Waals surface area contributed by atoms with Crippen LogP contribution in [-0.4, -0.2) is 47.3 Å². The molecule has 1 amide bonds. The van der Waals surface area contributed by atoms with Gasteiger partial charge in [-0.25, -0.2) is 0 Å².